The van der Waals surface area contributed by atoms with Gasteiger partial charge in [-0.25, -0.2) is 4.98 Å². The molecule has 3 rings (SSSR count). The summed E-state index contributed by atoms with van der Waals surface area (Å²) in [6.45, 7) is 5.52. The van der Waals surface area contributed by atoms with E-state index in [-0.39, 0.29) is 30.7 Å². The van der Waals surface area contributed by atoms with Crippen molar-refractivity contribution in [3.8, 4) is 5.75 Å². The summed E-state index contributed by atoms with van der Waals surface area (Å²) in [5.74, 6) is 1.70. The first kappa shape index (κ1) is 24.3. The molecular weight excluding hydrogens is 399 g/mol. The van der Waals surface area contributed by atoms with E-state index in [0.717, 1.165) is 18.8 Å². The Morgan fingerprint density at radius 2 is 2.21 bits per heavy atom. The van der Waals surface area contributed by atoms with Crippen LogP contribution >= 0.6 is 24.8 Å². The van der Waals surface area contributed by atoms with Crippen LogP contribution < -0.4 is 15.4 Å². The third-order valence-corrected chi connectivity index (χ3v) is 4.97. The maximum atomic E-state index is 12.5. The van der Waals surface area contributed by atoms with Crippen LogP contribution in [0.15, 0.2) is 43.0 Å². The predicted molar refractivity (Wildman–Crippen MR) is 117 cm³/mol. The lowest BCUT2D eigenvalue weighted by molar-refractivity contribution is -0.117. The molecule has 2 N–H and O–H groups in total. The van der Waals surface area contributed by atoms with Crippen LogP contribution in [-0.2, 0) is 11.3 Å². The van der Waals surface area contributed by atoms with Gasteiger partial charge in [0.15, 0.2) is 0 Å². The van der Waals surface area contributed by atoms with Crippen LogP contribution in [0.3, 0.4) is 0 Å². The highest BCUT2D eigenvalue weighted by atomic mass is 35.5. The van der Waals surface area contributed by atoms with Gasteiger partial charge in [-0.3, -0.25) is 4.79 Å². The number of benzene rings is 1. The van der Waals surface area contributed by atoms with E-state index in [1.165, 1.54) is 12.8 Å². The topological polar surface area (TPSA) is 68.2 Å². The Morgan fingerprint density at radius 1 is 1.39 bits per heavy atom. The lowest BCUT2D eigenvalue weighted by atomic mass is 9.85. The van der Waals surface area contributed by atoms with Crippen molar-refractivity contribution in [1.29, 1.82) is 0 Å². The maximum absolute atomic E-state index is 12.5. The molecule has 0 saturated carbocycles. The number of anilines is 1. The molecule has 8 heteroatoms. The molecule has 0 bridgehead atoms. The van der Waals surface area contributed by atoms with E-state index >= 15 is 0 Å². The highest BCUT2D eigenvalue weighted by Gasteiger charge is 2.22. The van der Waals surface area contributed by atoms with Crippen LogP contribution in [-0.4, -0.2) is 35.2 Å². The molecular formula is C20H30Cl2N4O2. The van der Waals surface area contributed by atoms with Gasteiger partial charge in [0.25, 0.3) is 0 Å². The van der Waals surface area contributed by atoms with Crippen molar-refractivity contribution in [2.45, 2.75) is 32.7 Å². The third kappa shape index (κ3) is 7.34. The Balaban J connectivity index is 0.00000196. The molecule has 6 nitrogen and oxygen atoms in total. The van der Waals surface area contributed by atoms with Crippen LogP contribution in [0.1, 0.15) is 26.2 Å². The summed E-state index contributed by atoms with van der Waals surface area (Å²) < 4.78 is 7.82. The van der Waals surface area contributed by atoms with Gasteiger partial charge >= 0.3 is 0 Å². The van der Waals surface area contributed by atoms with E-state index in [1.54, 1.807) is 12.5 Å². The summed E-state index contributed by atoms with van der Waals surface area (Å²) in [7, 11) is 0. The zero-order valence-electron chi connectivity index (χ0n) is 16.2. The van der Waals surface area contributed by atoms with E-state index in [4.69, 9.17) is 4.74 Å². The summed E-state index contributed by atoms with van der Waals surface area (Å²) in [4.78, 5) is 16.5. The van der Waals surface area contributed by atoms with E-state index in [2.05, 4.69) is 22.5 Å². The van der Waals surface area contributed by atoms with E-state index in [9.17, 15) is 4.79 Å². The minimum Gasteiger partial charge on any atom is -0.490 e. The van der Waals surface area contributed by atoms with Gasteiger partial charge in [0.05, 0.1) is 18.6 Å². The monoisotopic (exact) mass is 428 g/mol. The van der Waals surface area contributed by atoms with Crippen LogP contribution in [0, 0.1) is 11.8 Å². The molecule has 0 radical (unpaired) electrons. The summed E-state index contributed by atoms with van der Waals surface area (Å²) in [6.07, 6.45) is 8.35. The molecule has 1 amide bonds. The SMILES string of the molecule is CC(CC(=O)Nc1ccccc1OCCn1ccnc1)C1CCCNC1.Cl.Cl. The number of hydrogen-bond donors (Lipinski definition) is 2. The number of hydrogen-bond acceptors (Lipinski definition) is 4. The number of piperidine rings is 1. The quantitative estimate of drug-likeness (QED) is 0.671. The Bertz CT molecular complexity index is 691. The van der Waals surface area contributed by atoms with Gasteiger partial charge in [0.2, 0.25) is 5.91 Å². The second kappa shape index (κ2) is 12.6. The Labute approximate surface area is 179 Å². The largest absolute Gasteiger partial charge is 0.490 e. The third-order valence-electron chi connectivity index (χ3n) is 4.97. The molecule has 28 heavy (non-hydrogen) atoms. The number of amides is 1. The number of para-hydroxylation sites is 2. The number of imidazole rings is 1. The van der Waals surface area contributed by atoms with Gasteiger partial charge in [-0.2, -0.15) is 0 Å². The Hall–Kier alpha value is -1.76. The van der Waals surface area contributed by atoms with Gasteiger partial charge in [-0.15, -0.1) is 24.8 Å². The van der Waals surface area contributed by atoms with Crippen molar-refractivity contribution < 1.29 is 9.53 Å². The lowest BCUT2D eigenvalue weighted by Gasteiger charge is -2.28. The fourth-order valence-corrected chi connectivity index (χ4v) is 3.40. The smallest absolute Gasteiger partial charge is 0.224 e. The molecule has 1 aliphatic heterocycles. The number of ether oxygens (including phenoxy) is 1. The molecule has 1 aliphatic rings. The van der Waals surface area contributed by atoms with Crippen molar-refractivity contribution in [2.75, 3.05) is 25.0 Å². The summed E-state index contributed by atoms with van der Waals surface area (Å²) >= 11 is 0. The fraction of sp³-hybridized carbons (Fsp3) is 0.500. The number of carbonyl (C=O) groups excluding carboxylic acids is 1. The Morgan fingerprint density at radius 3 is 2.93 bits per heavy atom. The van der Waals surface area contributed by atoms with Gasteiger partial charge in [-0.05, 0) is 49.9 Å². The van der Waals surface area contributed by atoms with Gasteiger partial charge < -0.3 is 19.9 Å². The molecule has 156 valence electrons. The highest BCUT2D eigenvalue weighted by Crippen LogP contribution is 2.26. The number of carbonyl (C=O) groups is 1. The first-order valence-corrected chi connectivity index (χ1v) is 9.40. The highest BCUT2D eigenvalue weighted by molar-refractivity contribution is 5.92. The molecule has 2 heterocycles. The van der Waals surface area contributed by atoms with Crippen molar-refractivity contribution in [2.24, 2.45) is 11.8 Å². The zero-order chi connectivity index (χ0) is 18.2. The molecule has 2 unspecified atom stereocenters. The fourth-order valence-electron chi connectivity index (χ4n) is 3.40. The molecule has 1 aromatic heterocycles. The maximum Gasteiger partial charge on any atom is 0.224 e. The predicted octanol–water partition coefficient (Wildman–Crippen LogP) is 3.77. The summed E-state index contributed by atoms with van der Waals surface area (Å²) in [5, 5.41) is 6.45. The second-order valence-electron chi connectivity index (χ2n) is 6.98. The summed E-state index contributed by atoms with van der Waals surface area (Å²) in [6, 6.07) is 7.60. The van der Waals surface area contributed by atoms with Gasteiger partial charge in [0.1, 0.15) is 12.4 Å². The van der Waals surface area contributed by atoms with Crippen molar-refractivity contribution in [3.05, 3.63) is 43.0 Å². The van der Waals surface area contributed by atoms with Crippen LogP contribution in [0.2, 0.25) is 0 Å². The summed E-state index contributed by atoms with van der Waals surface area (Å²) in [5.41, 5.74) is 0.733. The molecule has 1 fully saturated rings. The van der Waals surface area contributed by atoms with E-state index in [0.29, 0.717) is 37.2 Å². The normalized spacial score (nSPS) is 17.0. The van der Waals surface area contributed by atoms with E-state index in [1.807, 2.05) is 35.0 Å². The number of rotatable bonds is 8. The average Bonchev–Trinajstić information content (AvgIpc) is 3.17. The minimum absolute atomic E-state index is 0. The first-order chi connectivity index (χ1) is 12.7. The second-order valence-corrected chi connectivity index (χ2v) is 6.98. The molecule has 1 aromatic carbocycles. The first-order valence-electron chi connectivity index (χ1n) is 9.40. The van der Waals surface area contributed by atoms with Crippen molar-refractivity contribution in [3.63, 3.8) is 0 Å². The van der Waals surface area contributed by atoms with Crippen LogP contribution in [0.25, 0.3) is 0 Å². The molecule has 0 spiro atoms. The molecule has 0 aliphatic carbocycles. The number of nitrogens with zero attached hydrogens (tertiary/aromatic N) is 2. The Kier molecular flexibility index (Phi) is 11.0. The molecule has 2 aromatic rings. The van der Waals surface area contributed by atoms with Crippen molar-refractivity contribution in [1.82, 2.24) is 14.9 Å². The van der Waals surface area contributed by atoms with Gasteiger partial charge in [-0.1, -0.05) is 19.1 Å². The standard InChI is InChI=1S/C20H28N4O2.2ClH/c1-16(17-5-4-8-21-14-17)13-20(25)23-18-6-2-3-7-19(18)26-12-11-24-10-9-22-15-24;;/h2-3,6-7,9-10,15-17,21H,4-5,8,11-14H2,1H3,(H,23,25);2*1H. The van der Waals surface area contributed by atoms with Crippen molar-refractivity contribution >= 4 is 36.4 Å². The number of nitrogens with one attached hydrogen (secondary N) is 2. The molecule has 1 saturated heterocycles. The average molecular weight is 429 g/mol. The van der Waals surface area contributed by atoms with E-state index < -0.39 is 0 Å². The molecule has 2 atom stereocenters. The van der Waals surface area contributed by atoms with Gasteiger partial charge in [0, 0.05) is 18.8 Å². The minimum atomic E-state index is 0. The lowest BCUT2D eigenvalue weighted by Crippen LogP contribution is -2.34. The zero-order valence-corrected chi connectivity index (χ0v) is 17.8. The van der Waals surface area contributed by atoms with Crippen LogP contribution in [0.4, 0.5) is 5.69 Å². The number of aromatic nitrogens is 2. The number of halogens is 2. The van der Waals surface area contributed by atoms with Crippen LogP contribution in [0.5, 0.6) is 5.75 Å².